The lowest BCUT2D eigenvalue weighted by Gasteiger charge is -2.62. The Balaban J connectivity index is 1.45. The minimum absolute atomic E-state index is 0.0275. The van der Waals surface area contributed by atoms with Crippen molar-refractivity contribution in [2.24, 2.45) is 29.1 Å². The molecule has 3 amide bonds. The third kappa shape index (κ3) is 8.00. The van der Waals surface area contributed by atoms with E-state index in [9.17, 15) is 24.3 Å². The van der Waals surface area contributed by atoms with Gasteiger partial charge in [0.1, 0.15) is 17.9 Å². The van der Waals surface area contributed by atoms with E-state index in [0.717, 1.165) is 34.4 Å². The second-order valence-electron chi connectivity index (χ2n) is 15.9. The van der Waals surface area contributed by atoms with Crippen LogP contribution in [0.3, 0.4) is 0 Å². The minimum Gasteiger partial charge on any atom is -0.393 e. The van der Waals surface area contributed by atoms with Crippen LogP contribution in [-0.2, 0) is 25.8 Å². The Labute approximate surface area is 302 Å². The largest absolute Gasteiger partial charge is 0.393 e. The summed E-state index contributed by atoms with van der Waals surface area (Å²) in [6.07, 6.45) is 0.738. The highest BCUT2D eigenvalue weighted by Crippen LogP contribution is 2.61. The first-order valence-corrected chi connectivity index (χ1v) is 18.3. The molecule has 4 aliphatic rings. The summed E-state index contributed by atoms with van der Waals surface area (Å²) in [4.78, 5) is 59.7. The zero-order chi connectivity index (χ0) is 37.4. The standard InChI is InChI=1S/C40H57N5O6/c1-22(46)13-14-35(48)42-20-34-36(25(4)47)37(39(50)43-33-19-29-18-32(24(33)3)40(29,5)6)45(51-34)21-26-11-10-12-31(23(26)2)27-15-28(38(49)41-7)17-30(16-27)44(8)9/h10-12,15-17,24-25,29,32-34,36-37,47H,13-14,18-21H2,1-9H3,(H,41,49)(H,42,48)(H,43,50)/t24-,25-,29-,32+,33-,34-,36+,37-/m0/s1. The number of Topliss-reactive ketones (excluding diaryl/α,β-unsaturated/α-hetero) is 1. The summed E-state index contributed by atoms with van der Waals surface area (Å²) >= 11 is 0. The van der Waals surface area contributed by atoms with Crippen LogP contribution < -0.4 is 20.9 Å². The normalized spacial score (nSPS) is 27.2. The third-order valence-electron chi connectivity index (χ3n) is 12.1. The van der Waals surface area contributed by atoms with Crippen LogP contribution in [0.4, 0.5) is 5.69 Å². The van der Waals surface area contributed by atoms with Crippen LogP contribution >= 0.6 is 0 Å². The van der Waals surface area contributed by atoms with Crippen LogP contribution in [0.2, 0.25) is 0 Å². The maximum absolute atomic E-state index is 14.4. The molecule has 1 heterocycles. The number of hydrogen-bond acceptors (Lipinski definition) is 8. The van der Waals surface area contributed by atoms with Crippen LogP contribution in [0.15, 0.2) is 36.4 Å². The Morgan fingerprint density at radius 1 is 1.10 bits per heavy atom. The van der Waals surface area contributed by atoms with Crippen molar-refractivity contribution in [3.63, 3.8) is 0 Å². The van der Waals surface area contributed by atoms with Crippen LogP contribution in [0.25, 0.3) is 11.1 Å². The fraction of sp³-hybridized carbons (Fsp3) is 0.600. The van der Waals surface area contributed by atoms with Crippen LogP contribution in [0.1, 0.15) is 81.8 Å². The van der Waals surface area contributed by atoms with Crippen molar-refractivity contribution in [3.05, 3.63) is 53.1 Å². The Hall–Kier alpha value is -3.80. The zero-order valence-corrected chi connectivity index (χ0v) is 31.7. The molecule has 278 valence electrons. The van der Waals surface area contributed by atoms with Gasteiger partial charge < -0.3 is 30.8 Å². The molecule has 8 atom stereocenters. The smallest absolute Gasteiger partial charge is 0.251 e. The number of nitrogens with one attached hydrogen (secondary N) is 3. The van der Waals surface area contributed by atoms with Gasteiger partial charge in [0.2, 0.25) is 11.8 Å². The number of benzene rings is 2. The van der Waals surface area contributed by atoms with Crippen molar-refractivity contribution in [1.29, 1.82) is 0 Å². The average Bonchev–Trinajstić information content (AvgIpc) is 3.45. The highest BCUT2D eigenvalue weighted by Gasteiger charge is 2.57. The molecule has 4 fully saturated rings. The fourth-order valence-corrected chi connectivity index (χ4v) is 8.73. The summed E-state index contributed by atoms with van der Waals surface area (Å²) in [6, 6.07) is 11.0. The number of aliphatic hydroxyl groups is 1. The summed E-state index contributed by atoms with van der Waals surface area (Å²) in [7, 11) is 5.48. The van der Waals surface area contributed by atoms with Gasteiger partial charge >= 0.3 is 0 Å². The Morgan fingerprint density at radius 2 is 1.82 bits per heavy atom. The van der Waals surface area contributed by atoms with E-state index in [1.807, 2.05) is 62.3 Å². The Morgan fingerprint density at radius 3 is 2.43 bits per heavy atom. The van der Waals surface area contributed by atoms with E-state index in [4.69, 9.17) is 4.84 Å². The minimum atomic E-state index is -0.912. The van der Waals surface area contributed by atoms with Crippen molar-refractivity contribution in [1.82, 2.24) is 21.0 Å². The van der Waals surface area contributed by atoms with E-state index >= 15 is 0 Å². The molecule has 0 spiro atoms. The molecule has 51 heavy (non-hydrogen) atoms. The molecule has 6 rings (SSSR count). The Bertz CT molecular complexity index is 1640. The predicted octanol–water partition coefficient (Wildman–Crippen LogP) is 4.24. The van der Waals surface area contributed by atoms with Crippen molar-refractivity contribution in [2.45, 2.75) is 98.1 Å². The van der Waals surface area contributed by atoms with Gasteiger partial charge in [-0.05, 0) is 97.2 Å². The summed E-state index contributed by atoms with van der Waals surface area (Å²) in [5, 5.41) is 21.8. The summed E-state index contributed by atoms with van der Waals surface area (Å²) in [5.74, 6) is 0.0841. The first kappa shape index (κ1) is 38.4. The van der Waals surface area contributed by atoms with Gasteiger partial charge in [-0.2, -0.15) is 5.06 Å². The lowest BCUT2D eigenvalue weighted by molar-refractivity contribution is -0.177. The topological polar surface area (TPSA) is 140 Å². The molecule has 2 aromatic carbocycles. The van der Waals surface area contributed by atoms with E-state index in [0.29, 0.717) is 23.3 Å². The van der Waals surface area contributed by atoms with E-state index in [2.05, 4.69) is 36.7 Å². The number of anilines is 1. The molecule has 0 aromatic heterocycles. The van der Waals surface area contributed by atoms with Crippen LogP contribution in [0, 0.1) is 36.0 Å². The molecule has 0 unspecified atom stereocenters. The monoisotopic (exact) mass is 703 g/mol. The maximum atomic E-state index is 14.4. The molecular weight excluding hydrogens is 646 g/mol. The second kappa shape index (κ2) is 15.4. The fourth-order valence-electron chi connectivity index (χ4n) is 8.73. The summed E-state index contributed by atoms with van der Waals surface area (Å²) in [5.41, 5.74) is 5.43. The maximum Gasteiger partial charge on any atom is 0.251 e. The second-order valence-corrected chi connectivity index (χ2v) is 15.9. The van der Waals surface area contributed by atoms with Crippen molar-refractivity contribution in [3.8, 4) is 11.1 Å². The molecule has 3 aliphatic carbocycles. The number of hydrogen-bond donors (Lipinski definition) is 4. The van der Waals surface area contributed by atoms with E-state index in [1.165, 1.54) is 13.3 Å². The van der Waals surface area contributed by atoms with Crippen molar-refractivity contribution in [2.75, 3.05) is 32.6 Å². The van der Waals surface area contributed by atoms with E-state index in [-0.39, 0.29) is 60.9 Å². The molecule has 1 aliphatic heterocycles. The summed E-state index contributed by atoms with van der Waals surface area (Å²) < 4.78 is 0. The van der Waals surface area contributed by atoms with Gasteiger partial charge in [-0.15, -0.1) is 0 Å². The van der Waals surface area contributed by atoms with E-state index < -0.39 is 24.2 Å². The highest BCUT2D eigenvalue weighted by molar-refractivity contribution is 5.97. The van der Waals surface area contributed by atoms with Crippen molar-refractivity contribution >= 4 is 29.2 Å². The van der Waals surface area contributed by atoms with Gasteiger partial charge in [0.15, 0.2) is 0 Å². The lowest BCUT2D eigenvalue weighted by Crippen LogP contribution is -2.62. The molecule has 2 aromatic rings. The lowest BCUT2D eigenvalue weighted by atomic mass is 9.45. The highest BCUT2D eigenvalue weighted by atomic mass is 16.7. The molecule has 11 nitrogen and oxygen atoms in total. The van der Waals surface area contributed by atoms with Crippen LogP contribution in [-0.4, -0.2) is 85.7 Å². The van der Waals surface area contributed by atoms with E-state index in [1.54, 1.807) is 19.0 Å². The van der Waals surface area contributed by atoms with Gasteiger partial charge in [0, 0.05) is 63.7 Å². The number of aliphatic hydroxyl groups excluding tert-OH is 1. The van der Waals surface area contributed by atoms with Gasteiger partial charge in [-0.3, -0.25) is 19.2 Å². The number of rotatable bonds is 13. The molecule has 3 saturated carbocycles. The van der Waals surface area contributed by atoms with Gasteiger partial charge in [-0.25, -0.2) is 0 Å². The van der Waals surface area contributed by atoms with Gasteiger partial charge in [0.05, 0.1) is 12.6 Å². The molecule has 0 radical (unpaired) electrons. The average molecular weight is 704 g/mol. The third-order valence-corrected chi connectivity index (χ3v) is 12.1. The van der Waals surface area contributed by atoms with Gasteiger partial charge in [-0.1, -0.05) is 39.0 Å². The quantitative estimate of drug-likeness (QED) is 0.243. The predicted molar refractivity (Wildman–Crippen MR) is 198 cm³/mol. The number of carbonyl (C=O) groups is 4. The van der Waals surface area contributed by atoms with Crippen LogP contribution in [0.5, 0.6) is 0 Å². The number of hydroxylamine groups is 2. The number of amides is 3. The molecule has 11 heteroatoms. The number of carbonyl (C=O) groups excluding carboxylic acids is 4. The zero-order valence-electron chi connectivity index (χ0n) is 31.7. The molecule has 4 N–H and O–H groups in total. The molecule has 1 saturated heterocycles. The number of fused-ring (bicyclic) bond motifs is 2. The first-order valence-electron chi connectivity index (χ1n) is 18.3. The number of ketones is 1. The first-order chi connectivity index (χ1) is 24.0. The molecule has 2 bridgehead atoms. The molecular formula is C40H57N5O6. The Kier molecular flexibility index (Phi) is 11.6. The SMILES string of the molecule is CNC(=O)c1cc(-c2cccc(CN3O[C@@H](CNC(=O)CCC(C)=O)[C@@H]([C@H](C)O)[C@H]3C(=O)N[C@H]3C[C@@H]4C[C@H]([C@@H]3C)C4(C)C)c2C)cc(N(C)C)c1. The number of nitrogens with zero attached hydrogens (tertiary/aromatic N) is 2. The summed E-state index contributed by atoms with van der Waals surface area (Å²) in [6.45, 7) is 12.4. The van der Waals surface area contributed by atoms with Gasteiger partial charge in [0.25, 0.3) is 5.91 Å². The van der Waals surface area contributed by atoms with Crippen molar-refractivity contribution < 1.29 is 29.1 Å².